The summed E-state index contributed by atoms with van der Waals surface area (Å²) in [6, 6.07) is 13.1. The lowest BCUT2D eigenvalue weighted by Gasteiger charge is -2.10. The standard InChI is InChI=1S/C16H15NO2/c18-15(11-5-2-1-3-6-11)13-9-14(13)16(19)12-7-4-8-17-10-12/h1-8,10,13-15,18H,9H2/t13-,14-,15-/m0/s1. The molecule has 19 heavy (non-hydrogen) atoms. The van der Waals surface area contributed by atoms with Crippen molar-refractivity contribution in [1.82, 2.24) is 4.98 Å². The molecule has 1 aromatic carbocycles. The Morgan fingerprint density at radius 1 is 1.21 bits per heavy atom. The van der Waals surface area contributed by atoms with E-state index in [2.05, 4.69) is 4.98 Å². The van der Waals surface area contributed by atoms with Gasteiger partial charge in [0.1, 0.15) is 0 Å². The molecule has 0 unspecified atom stereocenters. The molecule has 96 valence electrons. The topological polar surface area (TPSA) is 50.2 Å². The van der Waals surface area contributed by atoms with E-state index >= 15 is 0 Å². The maximum atomic E-state index is 12.2. The number of carbonyl (C=O) groups excluding carboxylic acids is 1. The van der Waals surface area contributed by atoms with Crippen LogP contribution in [0.5, 0.6) is 0 Å². The van der Waals surface area contributed by atoms with Crippen molar-refractivity contribution in [2.45, 2.75) is 12.5 Å². The zero-order valence-electron chi connectivity index (χ0n) is 10.4. The predicted octanol–water partition coefficient (Wildman–Crippen LogP) is 2.63. The zero-order chi connectivity index (χ0) is 13.2. The van der Waals surface area contributed by atoms with Gasteiger partial charge < -0.3 is 5.11 Å². The van der Waals surface area contributed by atoms with Crippen LogP contribution in [0.15, 0.2) is 54.9 Å². The maximum absolute atomic E-state index is 12.2. The van der Waals surface area contributed by atoms with Gasteiger partial charge in [0.15, 0.2) is 5.78 Å². The van der Waals surface area contributed by atoms with Gasteiger partial charge in [-0.15, -0.1) is 0 Å². The van der Waals surface area contributed by atoms with Crippen molar-refractivity contribution in [2.24, 2.45) is 11.8 Å². The Morgan fingerprint density at radius 3 is 2.68 bits per heavy atom. The molecule has 1 N–H and O–H groups in total. The molecule has 1 fully saturated rings. The van der Waals surface area contributed by atoms with E-state index in [4.69, 9.17) is 0 Å². The minimum absolute atomic E-state index is 0.0371. The Balaban J connectivity index is 1.70. The minimum atomic E-state index is -0.549. The molecule has 3 atom stereocenters. The minimum Gasteiger partial charge on any atom is -0.388 e. The summed E-state index contributed by atoms with van der Waals surface area (Å²) in [7, 11) is 0. The summed E-state index contributed by atoms with van der Waals surface area (Å²) in [6.07, 6.45) is 3.45. The second-order valence-electron chi connectivity index (χ2n) is 4.97. The second-order valence-corrected chi connectivity index (χ2v) is 4.97. The molecule has 0 radical (unpaired) electrons. The van der Waals surface area contributed by atoms with Crippen LogP contribution in [0.25, 0.3) is 0 Å². The molecular weight excluding hydrogens is 238 g/mol. The molecular formula is C16H15NO2. The van der Waals surface area contributed by atoms with Crippen LogP contribution in [0.1, 0.15) is 28.4 Å². The van der Waals surface area contributed by atoms with E-state index in [1.807, 2.05) is 30.3 Å². The van der Waals surface area contributed by atoms with Crippen molar-refractivity contribution in [1.29, 1.82) is 0 Å². The summed E-state index contributed by atoms with van der Waals surface area (Å²) in [6.45, 7) is 0. The normalized spacial score (nSPS) is 22.8. The van der Waals surface area contributed by atoms with E-state index < -0.39 is 6.10 Å². The first-order chi connectivity index (χ1) is 9.27. The first-order valence-electron chi connectivity index (χ1n) is 6.44. The molecule has 1 aromatic heterocycles. The van der Waals surface area contributed by atoms with Crippen LogP contribution in [-0.2, 0) is 0 Å². The lowest BCUT2D eigenvalue weighted by atomic mass is 10.0. The first-order valence-corrected chi connectivity index (χ1v) is 6.44. The molecule has 3 heteroatoms. The third-order valence-corrected chi connectivity index (χ3v) is 3.67. The quantitative estimate of drug-likeness (QED) is 0.852. The average molecular weight is 253 g/mol. The van der Waals surface area contributed by atoms with Gasteiger partial charge in [-0.25, -0.2) is 0 Å². The number of hydrogen-bond acceptors (Lipinski definition) is 3. The van der Waals surface area contributed by atoms with Gasteiger partial charge >= 0.3 is 0 Å². The fourth-order valence-corrected chi connectivity index (χ4v) is 2.49. The number of rotatable bonds is 4. The van der Waals surface area contributed by atoms with E-state index in [0.29, 0.717) is 5.56 Å². The summed E-state index contributed by atoms with van der Waals surface area (Å²) < 4.78 is 0. The molecule has 1 aliphatic rings. The number of benzene rings is 1. The highest BCUT2D eigenvalue weighted by atomic mass is 16.3. The smallest absolute Gasteiger partial charge is 0.167 e. The highest BCUT2D eigenvalue weighted by Crippen LogP contribution is 2.48. The Kier molecular flexibility index (Phi) is 3.13. The Bertz CT molecular complexity index is 568. The van der Waals surface area contributed by atoms with Gasteiger partial charge in [0.2, 0.25) is 0 Å². The van der Waals surface area contributed by atoms with Gasteiger partial charge in [-0.05, 0) is 30.0 Å². The van der Waals surface area contributed by atoms with E-state index in [1.165, 1.54) is 0 Å². The Hall–Kier alpha value is -2.00. The number of aliphatic hydroxyl groups is 1. The number of pyridine rings is 1. The Labute approximate surface area is 111 Å². The van der Waals surface area contributed by atoms with Crippen LogP contribution in [-0.4, -0.2) is 15.9 Å². The third kappa shape index (κ3) is 2.42. The van der Waals surface area contributed by atoms with Crippen LogP contribution < -0.4 is 0 Å². The molecule has 0 aliphatic heterocycles. The van der Waals surface area contributed by atoms with Crippen LogP contribution in [0.3, 0.4) is 0 Å². The number of nitrogens with zero attached hydrogens (tertiary/aromatic N) is 1. The monoisotopic (exact) mass is 253 g/mol. The molecule has 3 nitrogen and oxygen atoms in total. The number of carbonyl (C=O) groups is 1. The summed E-state index contributed by atoms with van der Waals surface area (Å²) in [5, 5.41) is 10.3. The highest BCUT2D eigenvalue weighted by Gasteiger charge is 2.47. The van der Waals surface area contributed by atoms with Gasteiger partial charge in [-0.2, -0.15) is 0 Å². The lowest BCUT2D eigenvalue weighted by molar-refractivity contribution is 0.0922. The largest absolute Gasteiger partial charge is 0.388 e. The molecule has 0 amide bonds. The molecule has 1 aliphatic carbocycles. The number of Topliss-reactive ketones (excluding diaryl/α,β-unsaturated/α-hetero) is 1. The lowest BCUT2D eigenvalue weighted by Crippen LogP contribution is -2.08. The van der Waals surface area contributed by atoms with Gasteiger partial charge in [0.05, 0.1) is 6.10 Å². The predicted molar refractivity (Wildman–Crippen MR) is 71.6 cm³/mol. The SMILES string of the molecule is O=C(c1cccnc1)[C@H]1C[C@@H]1[C@@H](O)c1ccccc1. The van der Waals surface area contributed by atoms with Crippen molar-refractivity contribution < 1.29 is 9.90 Å². The summed E-state index contributed by atoms with van der Waals surface area (Å²) in [5.41, 5.74) is 1.52. The fraction of sp³-hybridized carbons (Fsp3) is 0.250. The maximum Gasteiger partial charge on any atom is 0.167 e. The van der Waals surface area contributed by atoms with Gasteiger partial charge in [-0.3, -0.25) is 9.78 Å². The summed E-state index contributed by atoms with van der Waals surface area (Å²) in [5.74, 6) is 0.0580. The number of aromatic nitrogens is 1. The van der Waals surface area contributed by atoms with Crippen molar-refractivity contribution in [3.05, 3.63) is 66.0 Å². The van der Waals surface area contributed by atoms with Crippen LogP contribution in [0, 0.1) is 11.8 Å². The highest BCUT2D eigenvalue weighted by molar-refractivity contribution is 5.99. The molecule has 2 aromatic rings. The molecule has 0 spiro atoms. The van der Waals surface area contributed by atoms with Crippen LogP contribution in [0.4, 0.5) is 0 Å². The molecule has 1 heterocycles. The number of ketones is 1. The molecule has 0 saturated heterocycles. The fourth-order valence-electron chi connectivity index (χ4n) is 2.49. The summed E-state index contributed by atoms with van der Waals surface area (Å²) >= 11 is 0. The average Bonchev–Trinajstić information content (AvgIpc) is 3.28. The first kappa shape index (κ1) is 12.1. The van der Waals surface area contributed by atoms with Crippen molar-refractivity contribution in [2.75, 3.05) is 0 Å². The van der Waals surface area contributed by atoms with Crippen molar-refractivity contribution >= 4 is 5.78 Å². The number of aliphatic hydroxyl groups excluding tert-OH is 1. The van der Waals surface area contributed by atoms with Crippen LogP contribution in [0.2, 0.25) is 0 Å². The molecule has 0 bridgehead atoms. The van der Waals surface area contributed by atoms with E-state index in [-0.39, 0.29) is 17.6 Å². The summed E-state index contributed by atoms with van der Waals surface area (Å²) in [4.78, 5) is 16.2. The van der Waals surface area contributed by atoms with Crippen molar-refractivity contribution in [3.63, 3.8) is 0 Å². The zero-order valence-corrected chi connectivity index (χ0v) is 10.4. The van der Waals surface area contributed by atoms with E-state index in [0.717, 1.165) is 12.0 Å². The van der Waals surface area contributed by atoms with Crippen molar-refractivity contribution in [3.8, 4) is 0 Å². The van der Waals surface area contributed by atoms with Gasteiger partial charge in [-0.1, -0.05) is 30.3 Å². The second kappa shape index (κ2) is 4.94. The van der Waals surface area contributed by atoms with Gasteiger partial charge in [0.25, 0.3) is 0 Å². The number of hydrogen-bond donors (Lipinski definition) is 1. The van der Waals surface area contributed by atoms with Crippen LogP contribution >= 0.6 is 0 Å². The van der Waals surface area contributed by atoms with E-state index in [9.17, 15) is 9.90 Å². The van der Waals surface area contributed by atoms with Gasteiger partial charge in [0, 0.05) is 23.9 Å². The third-order valence-electron chi connectivity index (χ3n) is 3.67. The Morgan fingerprint density at radius 2 is 2.00 bits per heavy atom. The van der Waals surface area contributed by atoms with E-state index in [1.54, 1.807) is 24.5 Å². The molecule has 1 saturated carbocycles. The molecule has 3 rings (SSSR count).